The highest BCUT2D eigenvalue weighted by Gasteiger charge is 2.04. The van der Waals surface area contributed by atoms with E-state index in [0.29, 0.717) is 0 Å². The van der Waals surface area contributed by atoms with Crippen LogP contribution in [0.1, 0.15) is 11.3 Å². The van der Waals surface area contributed by atoms with Crippen LogP contribution in [0.4, 0.5) is 0 Å². The molecule has 98 valence electrons. The first-order valence-corrected chi connectivity index (χ1v) is 6.83. The molecule has 0 unspecified atom stereocenters. The number of hydrogen-bond acceptors (Lipinski definition) is 1. The first-order chi connectivity index (χ1) is 9.74. The fourth-order valence-corrected chi connectivity index (χ4v) is 2.41. The highest BCUT2D eigenvalue weighted by atomic mass is 14.7. The molecule has 0 aliphatic carbocycles. The summed E-state index contributed by atoms with van der Waals surface area (Å²) in [6.45, 7) is 4.13. The Morgan fingerprint density at radius 3 is 2.00 bits per heavy atom. The summed E-state index contributed by atoms with van der Waals surface area (Å²) >= 11 is 0. The molecule has 1 heterocycles. The van der Waals surface area contributed by atoms with Crippen LogP contribution >= 0.6 is 0 Å². The van der Waals surface area contributed by atoms with E-state index in [1.165, 1.54) is 27.8 Å². The molecule has 20 heavy (non-hydrogen) atoms. The van der Waals surface area contributed by atoms with Crippen molar-refractivity contribution in [3.63, 3.8) is 0 Å². The lowest BCUT2D eigenvalue weighted by Gasteiger charge is -2.08. The van der Waals surface area contributed by atoms with Gasteiger partial charge in [-0.1, -0.05) is 54.6 Å². The third kappa shape index (κ3) is 2.48. The van der Waals surface area contributed by atoms with Crippen LogP contribution in [0, 0.1) is 13.8 Å². The molecule has 1 heteroatoms. The molecule has 2 aromatic carbocycles. The molecule has 3 rings (SSSR count). The summed E-state index contributed by atoms with van der Waals surface area (Å²) in [5.74, 6) is 0. The van der Waals surface area contributed by atoms with Gasteiger partial charge in [-0.25, -0.2) is 0 Å². The number of rotatable bonds is 2. The van der Waals surface area contributed by atoms with Crippen molar-refractivity contribution in [1.82, 2.24) is 4.98 Å². The zero-order chi connectivity index (χ0) is 13.9. The summed E-state index contributed by atoms with van der Waals surface area (Å²) in [5.41, 5.74) is 7.27. The number of nitrogens with zero attached hydrogens (tertiary/aromatic N) is 1. The van der Waals surface area contributed by atoms with Gasteiger partial charge in [-0.3, -0.25) is 4.98 Å². The van der Waals surface area contributed by atoms with Gasteiger partial charge in [0, 0.05) is 11.9 Å². The van der Waals surface area contributed by atoms with Crippen LogP contribution in [0.3, 0.4) is 0 Å². The van der Waals surface area contributed by atoms with Crippen molar-refractivity contribution in [2.75, 3.05) is 0 Å². The van der Waals surface area contributed by atoms with Gasteiger partial charge >= 0.3 is 0 Å². The summed E-state index contributed by atoms with van der Waals surface area (Å²) in [6, 6.07) is 21.3. The molecule has 1 nitrogen and oxygen atoms in total. The van der Waals surface area contributed by atoms with E-state index in [9.17, 15) is 0 Å². The van der Waals surface area contributed by atoms with Crippen LogP contribution < -0.4 is 0 Å². The third-order valence-electron chi connectivity index (χ3n) is 3.54. The molecule has 0 saturated heterocycles. The zero-order valence-corrected chi connectivity index (χ0v) is 11.8. The largest absolute Gasteiger partial charge is 0.261 e. The molecule has 1 aromatic heterocycles. The minimum absolute atomic E-state index is 1.05. The first kappa shape index (κ1) is 12.6. The average Bonchev–Trinajstić information content (AvgIpc) is 2.51. The second kappa shape index (κ2) is 5.30. The van der Waals surface area contributed by atoms with Gasteiger partial charge in [0.05, 0.1) is 0 Å². The van der Waals surface area contributed by atoms with Crippen LogP contribution in [0.2, 0.25) is 0 Å². The maximum atomic E-state index is 4.33. The van der Waals surface area contributed by atoms with Gasteiger partial charge in [-0.2, -0.15) is 0 Å². The molecule has 0 radical (unpaired) electrons. The Balaban J connectivity index is 2.00. The fraction of sp³-hybridized carbons (Fsp3) is 0.105. The first-order valence-electron chi connectivity index (χ1n) is 6.83. The Hall–Kier alpha value is -2.41. The molecule has 0 aliphatic heterocycles. The number of benzene rings is 2. The van der Waals surface area contributed by atoms with Gasteiger partial charge in [0.1, 0.15) is 0 Å². The predicted octanol–water partition coefficient (Wildman–Crippen LogP) is 5.03. The van der Waals surface area contributed by atoms with Gasteiger partial charge in [-0.15, -0.1) is 0 Å². The van der Waals surface area contributed by atoms with Gasteiger partial charge in [0.2, 0.25) is 0 Å². The van der Waals surface area contributed by atoms with Crippen molar-refractivity contribution < 1.29 is 0 Å². The van der Waals surface area contributed by atoms with E-state index in [2.05, 4.69) is 66.5 Å². The molecule has 0 aliphatic rings. The van der Waals surface area contributed by atoms with Crippen molar-refractivity contribution in [2.45, 2.75) is 13.8 Å². The summed E-state index contributed by atoms with van der Waals surface area (Å²) in [5, 5.41) is 0. The minimum Gasteiger partial charge on any atom is -0.261 e. The number of hydrogen-bond donors (Lipinski definition) is 0. The lowest BCUT2D eigenvalue weighted by molar-refractivity contribution is 1.17. The molecular formula is C19H17N. The Morgan fingerprint density at radius 1 is 0.700 bits per heavy atom. The Morgan fingerprint density at radius 2 is 1.30 bits per heavy atom. The van der Waals surface area contributed by atoms with Crippen LogP contribution in [-0.4, -0.2) is 4.98 Å². The van der Waals surface area contributed by atoms with E-state index in [-0.39, 0.29) is 0 Å². The highest BCUT2D eigenvalue weighted by Crippen LogP contribution is 2.26. The molecule has 0 amide bonds. The lowest BCUT2D eigenvalue weighted by Crippen LogP contribution is -1.88. The summed E-state index contributed by atoms with van der Waals surface area (Å²) in [6.07, 6.45) is 1.94. The molecule has 3 aromatic rings. The van der Waals surface area contributed by atoms with Crippen molar-refractivity contribution in [3.8, 4) is 22.3 Å². The molecule has 0 bridgehead atoms. The average molecular weight is 259 g/mol. The molecule has 0 saturated carbocycles. The van der Waals surface area contributed by atoms with Crippen molar-refractivity contribution >= 4 is 0 Å². The lowest BCUT2D eigenvalue weighted by atomic mass is 9.98. The van der Waals surface area contributed by atoms with E-state index in [1.807, 2.05) is 19.2 Å². The Kier molecular flexibility index (Phi) is 3.34. The summed E-state index contributed by atoms with van der Waals surface area (Å²) in [7, 11) is 0. The van der Waals surface area contributed by atoms with E-state index in [0.717, 1.165) is 5.69 Å². The van der Waals surface area contributed by atoms with Gasteiger partial charge in [0.25, 0.3) is 0 Å². The zero-order valence-electron chi connectivity index (χ0n) is 11.8. The van der Waals surface area contributed by atoms with Gasteiger partial charge < -0.3 is 0 Å². The minimum atomic E-state index is 1.05. The van der Waals surface area contributed by atoms with E-state index in [4.69, 9.17) is 0 Å². The number of pyridine rings is 1. The predicted molar refractivity (Wildman–Crippen MR) is 84.6 cm³/mol. The quantitative estimate of drug-likeness (QED) is 0.628. The second-order valence-electron chi connectivity index (χ2n) is 5.08. The van der Waals surface area contributed by atoms with Crippen molar-refractivity contribution in [3.05, 3.63) is 78.1 Å². The molecule has 0 N–H and O–H groups in total. The van der Waals surface area contributed by atoms with Gasteiger partial charge in [0.15, 0.2) is 0 Å². The number of aromatic nitrogens is 1. The SMILES string of the molecule is Cc1cc(-c2ccc(-c3ccccc3)cc2)c(C)cn1. The van der Waals surface area contributed by atoms with E-state index >= 15 is 0 Å². The summed E-state index contributed by atoms with van der Waals surface area (Å²) in [4.78, 5) is 4.33. The van der Waals surface area contributed by atoms with Crippen LogP contribution in [0.5, 0.6) is 0 Å². The molecule has 0 fully saturated rings. The maximum Gasteiger partial charge on any atom is 0.0379 e. The van der Waals surface area contributed by atoms with Crippen molar-refractivity contribution in [1.29, 1.82) is 0 Å². The molecule has 0 atom stereocenters. The monoisotopic (exact) mass is 259 g/mol. The normalized spacial score (nSPS) is 10.5. The molecule has 0 spiro atoms. The van der Waals surface area contributed by atoms with E-state index < -0.39 is 0 Å². The fourth-order valence-electron chi connectivity index (χ4n) is 2.41. The third-order valence-corrected chi connectivity index (χ3v) is 3.54. The maximum absolute atomic E-state index is 4.33. The number of aryl methyl sites for hydroxylation is 2. The standard InChI is InChI=1S/C19H17N/c1-14-13-20-15(2)12-19(14)18-10-8-17(9-11-18)16-6-4-3-5-7-16/h3-13H,1-2H3. The second-order valence-corrected chi connectivity index (χ2v) is 5.08. The van der Waals surface area contributed by atoms with Crippen LogP contribution in [0.15, 0.2) is 66.9 Å². The van der Waals surface area contributed by atoms with E-state index in [1.54, 1.807) is 0 Å². The molecular weight excluding hydrogens is 242 g/mol. The van der Waals surface area contributed by atoms with Crippen molar-refractivity contribution in [2.24, 2.45) is 0 Å². The smallest absolute Gasteiger partial charge is 0.0379 e. The topological polar surface area (TPSA) is 12.9 Å². The Bertz CT molecular complexity index is 713. The highest BCUT2D eigenvalue weighted by molar-refractivity contribution is 5.72. The van der Waals surface area contributed by atoms with Crippen LogP contribution in [-0.2, 0) is 0 Å². The van der Waals surface area contributed by atoms with Crippen LogP contribution in [0.25, 0.3) is 22.3 Å². The van der Waals surface area contributed by atoms with Gasteiger partial charge in [-0.05, 0) is 47.7 Å². The summed E-state index contributed by atoms with van der Waals surface area (Å²) < 4.78 is 0. The Labute approximate surface area is 119 Å².